The van der Waals surface area contributed by atoms with Crippen molar-refractivity contribution in [3.63, 3.8) is 0 Å². The average Bonchev–Trinajstić information content (AvgIpc) is 2.62. The van der Waals surface area contributed by atoms with Crippen molar-refractivity contribution in [2.45, 2.75) is 41.9 Å². The van der Waals surface area contributed by atoms with Crippen molar-refractivity contribution in [3.8, 4) is 11.1 Å². The van der Waals surface area contributed by atoms with Crippen molar-refractivity contribution in [3.05, 3.63) is 54.1 Å². The monoisotopic (exact) mass is 365 g/mol. The molecule has 1 aliphatic carbocycles. The summed E-state index contributed by atoms with van der Waals surface area (Å²) in [4.78, 5) is 0.256. The molecule has 25 heavy (non-hydrogen) atoms. The smallest absolute Gasteiger partial charge is 0.181 e. The minimum absolute atomic E-state index is 0.250. The highest BCUT2D eigenvalue weighted by molar-refractivity contribution is 7.92. The minimum atomic E-state index is -3.39. The molecule has 0 bridgehead atoms. The molecular formula is C19H21F2NO2S. The van der Waals surface area contributed by atoms with E-state index in [1.54, 1.807) is 12.1 Å². The first-order valence-corrected chi connectivity index (χ1v) is 9.93. The van der Waals surface area contributed by atoms with Crippen LogP contribution in [0.15, 0.2) is 47.4 Å². The molecule has 3 rings (SSSR count). The van der Waals surface area contributed by atoms with Gasteiger partial charge in [-0.15, -0.1) is 0 Å². The van der Waals surface area contributed by atoms with Crippen molar-refractivity contribution < 1.29 is 17.2 Å². The zero-order valence-corrected chi connectivity index (χ0v) is 14.8. The zero-order chi connectivity index (χ0) is 18.0. The number of hydrogen-bond acceptors (Lipinski definition) is 3. The third-order valence-electron chi connectivity index (χ3n) is 4.95. The molecule has 0 spiro atoms. The summed E-state index contributed by atoms with van der Waals surface area (Å²) < 4.78 is 52.5. The molecule has 1 aliphatic rings. The van der Waals surface area contributed by atoms with Gasteiger partial charge < -0.3 is 5.32 Å². The molecule has 2 aromatic rings. The Bertz CT molecular complexity index is 842. The topological polar surface area (TPSA) is 46.2 Å². The molecule has 2 aromatic carbocycles. The van der Waals surface area contributed by atoms with Crippen LogP contribution in [0.3, 0.4) is 0 Å². The number of benzene rings is 2. The molecule has 6 heteroatoms. The van der Waals surface area contributed by atoms with Crippen LogP contribution in [0.4, 0.5) is 8.78 Å². The van der Waals surface area contributed by atoms with Crippen molar-refractivity contribution >= 4 is 9.84 Å². The molecule has 1 fully saturated rings. The van der Waals surface area contributed by atoms with Crippen LogP contribution in [0.5, 0.6) is 0 Å². The Morgan fingerprint density at radius 2 is 1.60 bits per heavy atom. The standard InChI is InChI=1S/C19H21F2NO2S/c1-22-15-5-9-17(10-6-15)25(23,24)16-7-2-13(3-8-16)18-11-4-14(20)12-19(18)21/h2-4,7-8,11-12,15,17,22H,5-6,9-10H2,1H3. The van der Waals surface area contributed by atoms with Crippen LogP contribution in [0.2, 0.25) is 0 Å². The van der Waals surface area contributed by atoms with Crippen molar-refractivity contribution in [2.24, 2.45) is 0 Å². The van der Waals surface area contributed by atoms with Crippen LogP contribution in [-0.4, -0.2) is 26.8 Å². The molecule has 0 heterocycles. The summed E-state index contributed by atoms with van der Waals surface area (Å²) in [6.45, 7) is 0. The molecule has 0 atom stereocenters. The van der Waals surface area contributed by atoms with E-state index in [1.807, 2.05) is 7.05 Å². The SMILES string of the molecule is CNC1CCC(S(=O)(=O)c2ccc(-c3ccc(F)cc3F)cc2)CC1. The Morgan fingerprint density at radius 1 is 0.960 bits per heavy atom. The quantitative estimate of drug-likeness (QED) is 0.893. The Kier molecular flexibility index (Phi) is 5.20. The first-order chi connectivity index (χ1) is 11.9. The molecular weight excluding hydrogens is 344 g/mol. The van der Waals surface area contributed by atoms with Gasteiger partial charge in [-0.3, -0.25) is 0 Å². The molecule has 1 saturated carbocycles. The highest BCUT2D eigenvalue weighted by atomic mass is 32.2. The van der Waals surface area contributed by atoms with Gasteiger partial charge in [-0.05, 0) is 62.6 Å². The number of sulfone groups is 1. The van der Waals surface area contributed by atoms with E-state index in [0.29, 0.717) is 24.4 Å². The highest BCUT2D eigenvalue weighted by Crippen LogP contribution is 2.30. The molecule has 0 amide bonds. The molecule has 3 nitrogen and oxygen atoms in total. The lowest BCUT2D eigenvalue weighted by atomic mass is 9.95. The molecule has 0 unspecified atom stereocenters. The van der Waals surface area contributed by atoms with Crippen LogP contribution < -0.4 is 5.32 Å². The molecule has 0 saturated heterocycles. The van der Waals surface area contributed by atoms with E-state index in [-0.39, 0.29) is 15.7 Å². The fourth-order valence-corrected chi connectivity index (χ4v) is 5.20. The van der Waals surface area contributed by atoms with Crippen LogP contribution in [-0.2, 0) is 9.84 Å². The lowest BCUT2D eigenvalue weighted by molar-refractivity contribution is 0.391. The van der Waals surface area contributed by atoms with Crippen molar-refractivity contribution in [1.29, 1.82) is 0 Å². The van der Waals surface area contributed by atoms with E-state index in [9.17, 15) is 17.2 Å². The normalized spacial score (nSPS) is 21.2. The number of hydrogen-bond donors (Lipinski definition) is 1. The van der Waals surface area contributed by atoms with Gasteiger partial charge >= 0.3 is 0 Å². The van der Waals surface area contributed by atoms with Crippen LogP contribution in [0.25, 0.3) is 11.1 Å². The maximum atomic E-state index is 13.9. The van der Waals surface area contributed by atoms with E-state index in [2.05, 4.69) is 5.32 Å². The summed E-state index contributed by atoms with van der Waals surface area (Å²) in [7, 11) is -1.50. The van der Waals surface area contributed by atoms with E-state index >= 15 is 0 Å². The molecule has 0 aromatic heterocycles. The van der Waals surface area contributed by atoms with Gasteiger partial charge in [0.1, 0.15) is 11.6 Å². The predicted molar refractivity (Wildman–Crippen MR) is 94.1 cm³/mol. The largest absolute Gasteiger partial charge is 0.317 e. The second kappa shape index (κ2) is 7.22. The Labute approximate surface area is 147 Å². The Hall–Kier alpha value is -1.79. The average molecular weight is 365 g/mol. The van der Waals surface area contributed by atoms with E-state index < -0.39 is 21.5 Å². The predicted octanol–water partition coefficient (Wildman–Crippen LogP) is 3.94. The van der Waals surface area contributed by atoms with Gasteiger partial charge in [-0.1, -0.05) is 12.1 Å². The van der Waals surface area contributed by atoms with E-state index in [0.717, 1.165) is 18.9 Å². The summed E-state index contributed by atoms with van der Waals surface area (Å²) in [5.41, 5.74) is 0.773. The summed E-state index contributed by atoms with van der Waals surface area (Å²) in [5.74, 6) is -1.31. The zero-order valence-electron chi connectivity index (χ0n) is 14.0. The Balaban J connectivity index is 1.82. The highest BCUT2D eigenvalue weighted by Gasteiger charge is 2.31. The number of rotatable bonds is 4. The van der Waals surface area contributed by atoms with Gasteiger partial charge in [0.15, 0.2) is 9.84 Å². The van der Waals surface area contributed by atoms with Gasteiger partial charge in [0.2, 0.25) is 0 Å². The maximum absolute atomic E-state index is 13.9. The van der Waals surface area contributed by atoms with Crippen LogP contribution >= 0.6 is 0 Å². The second-order valence-electron chi connectivity index (χ2n) is 6.46. The number of halogens is 2. The van der Waals surface area contributed by atoms with Gasteiger partial charge in [0.25, 0.3) is 0 Å². The molecule has 0 aliphatic heterocycles. The molecule has 0 radical (unpaired) electrons. The molecule has 134 valence electrons. The summed E-state index contributed by atoms with van der Waals surface area (Å²) in [6.07, 6.45) is 2.98. The van der Waals surface area contributed by atoms with Crippen molar-refractivity contribution in [2.75, 3.05) is 7.05 Å². The summed E-state index contributed by atoms with van der Waals surface area (Å²) >= 11 is 0. The van der Waals surface area contributed by atoms with Gasteiger partial charge in [0.05, 0.1) is 10.1 Å². The van der Waals surface area contributed by atoms with E-state index in [4.69, 9.17) is 0 Å². The van der Waals surface area contributed by atoms with Gasteiger partial charge in [0, 0.05) is 17.7 Å². The number of nitrogens with one attached hydrogen (secondary N) is 1. The van der Waals surface area contributed by atoms with Gasteiger partial charge in [-0.25, -0.2) is 17.2 Å². The minimum Gasteiger partial charge on any atom is -0.317 e. The first kappa shape index (κ1) is 18.0. The lowest BCUT2D eigenvalue weighted by Crippen LogP contribution is -2.35. The molecule has 1 N–H and O–H groups in total. The third-order valence-corrected chi connectivity index (χ3v) is 7.22. The van der Waals surface area contributed by atoms with Crippen LogP contribution in [0, 0.1) is 11.6 Å². The van der Waals surface area contributed by atoms with E-state index in [1.165, 1.54) is 24.3 Å². The fourth-order valence-electron chi connectivity index (χ4n) is 3.40. The van der Waals surface area contributed by atoms with Crippen LogP contribution in [0.1, 0.15) is 25.7 Å². The maximum Gasteiger partial charge on any atom is 0.181 e. The van der Waals surface area contributed by atoms with Gasteiger partial charge in [-0.2, -0.15) is 0 Å². The lowest BCUT2D eigenvalue weighted by Gasteiger charge is -2.28. The summed E-state index contributed by atoms with van der Waals surface area (Å²) in [6, 6.07) is 9.91. The summed E-state index contributed by atoms with van der Waals surface area (Å²) in [5, 5.41) is 2.82. The first-order valence-electron chi connectivity index (χ1n) is 8.38. The second-order valence-corrected chi connectivity index (χ2v) is 8.68. The third kappa shape index (κ3) is 3.75. The Morgan fingerprint density at radius 3 is 2.16 bits per heavy atom. The fraction of sp³-hybridized carbons (Fsp3) is 0.368. The van der Waals surface area contributed by atoms with Crippen molar-refractivity contribution in [1.82, 2.24) is 5.32 Å².